The molecule has 13 heavy (non-hydrogen) atoms. The van der Waals surface area contributed by atoms with Gasteiger partial charge in [0.15, 0.2) is 6.20 Å². The molecular formula is C8H9F3NO+. The maximum Gasteiger partial charge on any atom is 0.477 e. The first kappa shape index (κ1) is 9.98. The highest BCUT2D eigenvalue weighted by Crippen LogP contribution is 2.26. The first-order valence-corrected chi connectivity index (χ1v) is 3.62. The summed E-state index contributed by atoms with van der Waals surface area (Å²) < 4.78 is 37.8. The van der Waals surface area contributed by atoms with E-state index < -0.39 is 11.9 Å². The Morgan fingerprint density at radius 3 is 2.54 bits per heavy atom. The summed E-state index contributed by atoms with van der Waals surface area (Å²) >= 11 is 0. The van der Waals surface area contributed by atoms with E-state index in [-0.39, 0.29) is 12.2 Å². The summed E-state index contributed by atoms with van der Waals surface area (Å²) in [5, 5.41) is 8.64. The standard InChI is InChI=1S/C8H9F3NO/c1-12-3-2-6(5-13)4-7(12)8(9,10)11/h2-4,13H,5H2,1H3/q+1. The Morgan fingerprint density at radius 1 is 1.46 bits per heavy atom. The Kier molecular flexibility index (Phi) is 2.56. The molecule has 0 atom stereocenters. The normalized spacial score (nSPS) is 11.8. The van der Waals surface area contributed by atoms with E-state index in [4.69, 9.17) is 5.11 Å². The van der Waals surface area contributed by atoms with Gasteiger partial charge in [0.1, 0.15) is 7.05 Å². The van der Waals surface area contributed by atoms with Crippen molar-refractivity contribution in [3.63, 3.8) is 0 Å². The van der Waals surface area contributed by atoms with Crippen LogP contribution in [-0.2, 0) is 19.8 Å². The molecule has 1 aromatic rings. The largest absolute Gasteiger partial charge is 0.477 e. The monoisotopic (exact) mass is 192 g/mol. The summed E-state index contributed by atoms with van der Waals surface area (Å²) in [7, 11) is 1.31. The number of aryl methyl sites for hydroxylation is 1. The van der Waals surface area contributed by atoms with E-state index in [1.807, 2.05) is 0 Å². The molecule has 0 amide bonds. The lowest BCUT2D eigenvalue weighted by Gasteiger charge is -2.04. The molecule has 0 radical (unpaired) electrons. The fourth-order valence-corrected chi connectivity index (χ4v) is 0.994. The molecule has 72 valence electrons. The lowest BCUT2D eigenvalue weighted by atomic mass is 10.2. The van der Waals surface area contributed by atoms with Crippen LogP contribution in [0.15, 0.2) is 18.3 Å². The van der Waals surface area contributed by atoms with E-state index in [0.717, 1.165) is 10.6 Å². The van der Waals surface area contributed by atoms with E-state index in [2.05, 4.69) is 0 Å². The van der Waals surface area contributed by atoms with Gasteiger partial charge in [0.05, 0.1) is 6.61 Å². The zero-order valence-electron chi connectivity index (χ0n) is 6.97. The molecule has 0 saturated carbocycles. The molecule has 5 heteroatoms. The topological polar surface area (TPSA) is 24.1 Å². The zero-order valence-corrected chi connectivity index (χ0v) is 6.97. The Morgan fingerprint density at radius 2 is 2.08 bits per heavy atom. The third-order valence-electron chi connectivity index (χ3n) is 1.69. The van der Waals surface area contributed by atoms with Crippen LogP contribution in [0.4, 0.5) is 13.2 Å². The molecule has 0 spiro atoms. The smallest absolute Gasteiger partial charge is 0.392 e. The minimum absolute atomic E-state index is 0.255. The average Bonchev–Trinajstić information content (AvgIpc) is 2.03. The van der Waals surface area contributed by atoms with Crippen molar-refractivity contribution in [1.82, 2.24) is 0 Å². The molecule has 1 rings (SSSR count). The van der Waals surface area contributed by atoms with Gasteiger partial charge in [0, 0.05) is 12.1 Å². The predicted octanol–water partition coefficient (Wildman–Crippen LogP) is 1.02. The van der Waals surface area contributed by atoms with Crippen molar-refractivity contribution in [2.45, 2.75) is 12.8 Å². The Labute approximate surface area is 73.2 Å². The molecule has 0 aromatic carbocycles. The SMILES string of the molecule is C[n+]1ccc(CO)cc1C(F)(F)F. The van der Waals surface area contributed by atoms with Crippen LogP contribution in [0.3, 0.4) is 0 Å². The van der Waals surface area contributed by atoms with Crippen LogP contribution in [0, 0.1) is 0 Å². The lowest BCUT2D eigenvalue weighted by Crippen LogP contribution is -2.37. The number of hydrogen-bond acceptors (Lipinski definition) is 1. The highest BCUT2D eigenvalue weighted by atomic mass is 19.4. The summed E-state index contributed by atoms with van der Waals surface area (Å²) in [6, 6.07) is 2.37. The van der Waals surface area contributed by atoms with Crippen molar-refractivity contribution in [1.29, 1.82) is 0 Å². The van der Waals surface area contributed by atoms with E-state index in [9.17, 15) is 13.2 Å². The molecule has 1 aromatic heterocycles. The summed E-state index contributed by atoms with van der Waals surface area (Å²) in [6.45, 7) is -0.385. The maximum atomic E-state index is 12.3. The summed E-state index contributed by atoms with van der Waals surface area (Å²) in [6.07, 6.45) is -3.10. The number of hydrogen-bond donors (Lipinski definition) is 1. The first-order chi connectivity index (χ1) is 5.95. The van der Waals surface area contributed by atoms with Gasteiger partial charge in [-0.25, -0.2) is 0 Å². The molecule has 1 N–H and O–H groups in total. The van der Waals surface area contributed by atoms with E-state index in [1.165, 1.54) is 19.3 Å². The van der Waals surface area contributed by atoms with Gasteiger partial charge >= 0.3 is 6.18 Å². The van der Waals surface area contributed by atoms with Crippen molar-refractivity contribution in [3.8, 4) is 0 Å². The number of aromatic nitrogens is 1. The summed E-state index contributed by atoms with van der Waals surface area (Å²) in [5.74, 6) is 0. The third kappa shape index (κ3) is 2.18. The number of aliphatic hydroxyl groups excluding tert-OH is 1. The number of nitrogens with zero attached hydrogens (tertiary/aromatic N) is 1. The molecule has 0 aliphatic carbocycles. The summed E-state index contributed by atoms with van der Waals surface area (Å²) in [4.78, 5) is 0. The van der Waals surface area contributed by atoms with Crippen LogP contribution in [0.5, 0.6) is 0 Å². The Bertz CT molecular complexity index is 309. The predicted molar refractivity (Wildman–Crippen MR) is 38.5 cm³/mol. The Hall–Kier alpha value is -1.10. The quantitative estimate of drug-likeness (QED) is 0.660. The number of alkyl halides is 3. The Balaban J connectivity index is 3.19. The van der Waals surface area contributed by atoms with Crippen molar-refractivity contribution in [2.24, 2.45) is 7.05 Å². The third-order valence-corrected chi connectivity index (χ3v) is 1.69. The van der Waals surface area contributed by atoms with Crippen molar-refractivity contribution < 1.29 is 22.8 Å². The summed E-state index contributed by atoms with van der Waals surface area (Å²) in [5.41, 5.74) is -0.510. The van der Waals surface area contributed by atoms with Gasteiger partial charge in [0.2, 0.25) is 0 Å². The molecule has 2 nitrogen and oxygen atoms in total. The van der Waals surface area contributed by atoms with Gasteiger partial charge in [-0.15, -0.1) is 0 Å². The van der Waals surface area contributed by atoms with Crippen molar-refractivity contribution in [3.05, 3.63) is 29.6 Å². The van der Waals surface area contributed by atoms with Crippen LogP contribution in [0.1, 0.15) is 11.3 Å². The van der Waals surface area contributed by atoms with Crippen LogP contribution >= 0.6 is 0 Å². The number of halogens is 3. The number of aliphatic hydroxyl groups is 1. The molecule has 0 saturated heterocycles. The van der Waals surface area contributed by atoms with E-state index in [0.29, 0.717) is 0 Å². The van der Waals surface area contributed by atoms with Gasteiger partial charge in [-0.05, 0) is 5.56 Å². The number of rotatable bonds is 1. The van der Waals surface area contributed by atoms with Gasteiger partial charge in [-0.2, -0.15) is 17.7 Å². The minimum atomic E-state index is -4.38. The first-order valence-electron chi connectivity index (χ1n) is 3.62. The van der Waals surface area contributed by atoms with Gasteiger partial charge < -0.3 is 5.11 Å². The highest BCUT2D eigenvalue weighted by Gasteiger charge is 2.39. The molecule has 0 aliphatic heterocycles. The van der Waals surface area contributed by atoms with Crippen LogP contribution in [-0.4, -0.2) is 5.11 Å². The molecule has 1 heterocycles. The van der Waals surface area contributed by atoms with Gasteiger partial charge in [-0.3, -0.25) is 0 Å². The number of pyridine rings is 1. The lowest BCUT2D eigenvalue weighted by molar-refractivity contribution is -0.691. The fourth-order valence-electron chi connectivity index (χ4n) is 0.994. The maximum absolute atomic E-state index is 12.3. The molecular weight excluding hydrogens is 183 g/mol. The fraction of sp³-hybridized carbons (Fsp3) is 0.375. The van der Waals surface area contributed by atoms with Crippen LogP contribution < -0.4 is 4.57 Å². The van der Waals surface area contributed by atoms with Crippen molar-refractivity contribution >= 4 is 0 Å². The van der Waals surface area contributed by atoms with Crippen molar-refractivity contribution in [2.75, 3.05) is 0 Å². The van der Waals surface area contributed by atoms with E-state index in [1.54, 1.807) is 0 Å². The van der Waals surface area contributed by atoms with Gasteiger partial charge in [-0.1, -0.05) is 0 Å². The minimum Gasteiger partial charge on any atom is -0.392 e. The van der Waals surface area contributed by atoms with Crippen LogP contribution in [0.2, 0.25) is 0 Å². The van der Waals surface area contributed by atoms with E-state index >= 15 is 0 Å². The second-order valence-corrected chi connectivity index (χ2v) is 2.69. The molecule has 0 fully saturated rings. The van der Waals surface area contributed by atoms with Crippen LogP contribution in [0.25, 0.3) is 0 Å². The second-order valence-electron chi connectivity index (χ2n) is 2.69. The molecule has 0 aliphatic rings. The molecule has 0 bridgehead atoms. The van der Waals surface area contributed by atoms with Gasteiger partial charge in [0.25, 0.3) is 5.69 Å². The zero-order chi connectivity index (χ0) is 10.1. The highest BCUT2D eigenvalue weighted by molar-refractivity contribution is 5.13. The second kappa shape index (κ2) is 3.33. The molecule has 0 unspecified atom stereocenters. The average molecular weight is 192 g/mol.